The molecule has 2 aromatic heterocycles. The number of fused-ring (bicyclic) bond motifs is 2. The number of aromatic nitrogens is 4. The van der Waals surface area contributed by atoms with Gasteiger partial charge in [-0.25, -0.2) is 14.8 Å². The van der Waals surface area contributed by atoms with Crippen molar-refractivity contribution in [3.05, 3.63) is 5.82 Å². The number of nitrogens with zero attached hydrogens (tertiary/aromatic N) is 5. The Morgan fingerprint density at radius 3 is 2.51 bits per heavy atom. The van der Waals surface area contributed by atoms with Crippen molar-refractivity contribution in [2.45, 2.75) is 109 Å². The quantitative estimate of drug-likeness (QED) is 0.196. The van der Waals surface area contributed by atoms with E-state index in [0.717, 1.165) is 56.7 Å². The van der Waals surface area contributed by atoms with Crippen molar-refractivity contribution in [1.29, 1.82) is 5.41 Å². The number of imidazole rings is 1. The van der Waals surface area contributed by atoms with Gasteiger partial charge in [-0.2, -0.15) is 4.98 Å². The second-order valence-electron chi connectivity index (χ2n) is 12.9. The molecule has 0 aromatic carbocycles. The first-order valence-corrected chi connectivity index (χ1v) is 15.8. The molecule has 10 nitrogen and oxygen atoms in total. The van der Waals surface area contributed by atoms with E-state index in [1.165, 1.54) is 51.4 Å². The smallest absolute Gasteiger partial charge is 0.410 e. The minimum absolute atomic E-state index is 0.0446. The molecular weight excluding hydrogens is 516 g/mol. The lowest BCUT2D eigenvalue weighted by Crippen LogP contribution is -2.48. The van der Waals surface area contributed by atoms with Crippen molar-refractivity contribution in [2.24, 2.45) is 23.7 Å². The van der Waals surface area contributed by atoms with Gasteiger partial charge in [0.25, 0.3) is 0 Å². The number of hydrogen-bond acceptors (Lipinski definition) is 7. The number of carbonyl (C=O) groups is 1. The van der Waals surface area contributed by atoms with Crippen molar-refractivity contribution in [3.63, 3.8) is 0 Å². The molecule has 2 aromatic rings. The van der Waals surface area contributed by atoms with E-state index in [0.29, 0.717) is 41.2 Å². The van der Waals surface area contributed by atoms with Crippen molar-refractivity contribution >= 4 is 34.9 Å². The Hall–Kier alpha value is -3.35. The van der Waals surface area contributed by atoms with E-state index in [-0.39, 0.29) is 17.7 Å². The first-order valence-electron chi connectivity index (χ1n) is 15.8. The summed E-state index contributed by atoms with van der Waals surface area (Å²) in [4.78, 5) is 28.5. The number of piperidine rings is 1. The average Bonchev–Trinajstić information content (AvgIpc) is 3.30. The maximum absolute atomic E-state index is 11.3. The van der Waals surface area contributed by atoms with E-state index >= 15 is 0 Å². The summed E-state index contributed by atoms with van der Waals surface area (Å²) in [5.74, 6) is 6.40. The lowest BCUT2D eigenvalue weighted by Gasteiger charge is -2.45. The van der Waals surface area contributed by atoms with Crippen LogP contribution in [0.4, 0.5) is 16.6 Å². The molecule has 220 valence electrons. The topological polar surface area (TPSA) is 132 Å². The van der Waals surface area contributed by atoms with Crippen LogP contribution in [0, 0.1) is 41.4 Å². The van der Waals surface area contributed by atoms with Crippen LogP contribution >= 0.6 is 0 Å². The molecular formula is C31H44N8O2. The molecule has 4 fully saturated rings. The summed E-state index contributed by atoms with van der Waals surface area (Å²) in [6.45, 7) is 4.00. The average molecular weight is 561 g/mol. The normalized spacial score (nSPS) is 27.4. The highest BCUT2D eigenvalue weighted by Crippen LogP contribution is 2.41. The highest BCUT2D eigenvalue weighted by Gasteiger charge is 2.37. The van der Waals surface area contributed by atoms with E-state index < -0.39 is 6.09 Å². The minimum atomic E-state index is -1.30. The Morgan fingerprint density at radius 1 is 1.05 bits per heavy atom. The second kappa shape index (κ2) is 11.9. The molecule has 10 heteroatoms. The van der Waals surface area contributed by atoms with E-state index in [4.69, 9.17) is 21.8 Å². The zero-order valence-electron chi connectivity index (χ0n) is 24.2. The fourth-order valence-electron chi connectivity index (χ4n) is 7.71. The van der Waals surface area contributed by atoms with Crippen LogP contribution in [0.5, 0.6) is 0 Å². The summed E-state index contributed by atoms with van der Waals surface area (Å²) in [7, 11) is 0. The first kappa shape index (κ1) is 27.8. The molecule has 3 atom stereocenters. The van der Waals surface area contributed by atoms with Crippen molar-refractivity contribution in [2.75, 3.05) is 16.8 Å². The predicted molar refractivity (Wildman–Crippen MR) is 160 cm³/mol. The lowest BCUT2D eigenvalue weighted by molar-refractivity contribution is 0.200. The standard InChI is InChI=1S/C31H44N8O2/c1-3-20-13-15-21(16-14-20)18-39-25-27(33-19(2)22-9-6-10-22)35-29(26(32)34-31(40)41)36-28(25)37-30(39)38-17-7-11-23-8-4-5-12-24(23)38/h1,19-24H,4-18H2,2H3,(H2,32,34)(H,40,41)(H,33,35,36)/t19-,20?,21?,23+,24-/m1/s1. The minimum Gasteiger partial charge on any atom is -0.465 e. The van der Waals surface area contributed by atoms with Gasteiger partial charge < -0.3 is 19.9 Å². The zero-order chi connectivity index (χ0) is 28.5. The summed E-state index contributed by atoms with van der Waals surface area (Å²) >= 11 is 0. The van der Waals surface area contributed by atoms with Crippen LogP contribution in [0.25, 0.3) is 11.2 Å². The Morgan fingerprint density at radius 2 is 1.80 bits per heavy atom. The molecule has 6 rings (SSSR count). The van der Waals surface area contributed by atoms with E-state index in [1.807, 2.05) is 0 Å². The third kappa shape index (κ3) is 5.73. The van der Waals surface area contributed by atoms with Crippen LogP contribution < -0.4 is 15.5 Å². The van der Waals surface area contributed by atoms with Gasteiger partial charge in [0.05, 0.1) is 0 Å². The van der Waals surface area contributed by atoms with E-state index in [1.54, 1.807) is 0 Å². The third-order valence-corrected chi connectivity index (χ3v) is 10.3. The van der Waals surface area contributed by atoms with Gasteiger partial charge in [-0.15, -0.1) is 12.3 Å². The molecule has 1 amide bonds. The van der Waals surface area contributed by atoms with Crippen molar-refractivity contribution < 1.29 is 9.90 Å². The van der Waals surface area contributed by atoms with Crippen LogP contribution in [0.1, 0.15) is 96.2 Å². The SMILES string of the molecule is C#CC1CCC(Cn2c(N3CCC[C@@H]4CCCC[C@H]43)nc3nc(C(=N)NC(=O)O)nc(N[C@H](C)C4CCC4)c32)CC1. The van der Waals surface area contributed by atoms with Crippen LogP contribution in [-0.4, -0.2) is 55.2 Å². The van der Waals surface area contributed by atoms with Crippen molar-refractivity contribution in [3.8, 4) is 12.3 Å². The number of amidine groups is 1. The van der Waals surface area contributed by atoms with Crippen LogP contribution in [0.15, 0.2) is 0 Å². The second-order valence-corrected chi connectivity index (χ2v) is 12.9. The number of anilines is 2. The van der Waals surface area contributed by atoms with Gasteiger partial charge in [-0.3, -0.25) is 10.7 Å². The van der Waals surface area contributed by atoms with Gasteiger partial charge in [-0.1, -0.05) is 19.3 Å². The summed E-state index contributed by atoms with van der Waals surface area (Å²) in [6, 6.07) is 0.682. The lowest BCUT2D eigenvalue weighted by atomic mass is 9.78. The summed E-state index contributed by atoms with van der Waals surface area (Å²) in [5, 5.41) is 23.4. The fraction of sp³-hybridized carbons (Fsp3) is 0.710. The van der Waals surface area contributed by atoms with E-state index in [2.05, 4.69) is 37.9 Å². The Balaban J connectivity index is 1.45. The maximum atomic E-state index is 11.3. The Labute approximate surface area is 242 Å². The molecule has 0 unspecified atom stereocenters. The van der Waals surface area contributed by atoms with Crippen LogP contribution in [0.3, 0.4) is 0 Å². The van der Waals surface area contributed by atoms with Crippen LogP contribution in [0.2, 0.25) is 0 Å². The summed E-state index contributed by atoms with van der Waals surface area (Å²) < 4.78 is 2.36. The monoisotopic (exact) mass is 560 g/mol. The number of terminal acetylenes is 1. The van der Waals surface area contributed by atoms with Crippen LogP contribution in [-0.2, 0) is 6.54 Å². The Kier molecular flexibility index (Phi) is 8.05. The zero-order valence-corrected chi connectivity index (χ0v) is 24.2. The molecule has 41 heavy (non-hydrogen) atoms. The molecule has 0 bridgehead atoms. The number of rotatable bonds is 7. The number of carboxylic acid groups (broad SMARTS) is 1. The Bertz CT molecular complexity index is 1320. The highest BCUT2D eigenvalue weighted by atomic mass is 16.4. The number of amides is 1. The summed E-state index contributed by atoms with van der Waals surface area (Å²) in [6.07, 6.45) is 19.8. The molecule has 1 saturated heterocycles. The predicted octanol–water partition coefficient (Wildman–Crippen LogP) is 5.62. The molecule has 4 N–H and O–H groups in total. The number of hydrogen-bond donors (Lipinski definition) is 4. The van der Waals surface area contributed by atoms with Gasteiger partial charge in [0, 0.05) is 31.1 Å². The van der Waals surface area contributed by atoms with Gasteiger partial charge >= 0.3 is 6.09 Å². The molecule has 3 saturated carbocycles. The summed E-state index contributed by atoms with van der Waals surface area (Å²) in [5.41, 5.74) is 1.40. The van der Waals surface area contributed by atoms with Crippen molar-refractivity contribution in [1.82, 2.24) is 24.8 Å². The maximum Gasteiger partial charge on any atom is 0.410 e. The largest absolute Gasteiger partial charge is 0.465 e. The van der Waals surface area contributed by atoms with E-state index in [9.17, 15) is 9.90 Å². The molecule has 1 aliphatic heterocycles. The molecule has 3 heterocycles. The molecule has 3 aliphatic carbocycles. The molecule has 0 spiro atoms. The fourth-order valence-corrected chi connectivity index (χ4v) is 7.71. The number of nitrogens with one attached hydrogen (secondary N) is 3. The third-order valence-electron chi connectivity index (χ3n) is 10.3. The van der Waals surface area contributed by atoms with Gasteiger partial charge in [0.15, 0.2) is 23.1 Å². The molecule has 0 radical (unpaired) electrons. The van der Waals surface area contributed by atoms with Gasteiger partial charge in [-0.05, 0) is 88.9 Å². The molecule has 4 aliphatic rings. The first-order chi connectivity index (χ1) is 19.9. The highest BCUT2D eigenvalue weighted by molar-refractivity contribution is 6.03. The van der Waals surface area contributed by atoms with Gasteiger partial charge in [0.1, 0.15) is 5.52 Å². The van der Waals surface area contributed by atoms with Gasteiger partial charge in [0.2, 0.25) is 5.95 Å².